The van der Waals surface area contributed by atoms with E-state index in [0.717, 1.165) is 0 Å². The van der Waals surface area contributed by atoms with Crippen LogP contribution >= 0.6 is 0 Å². The third kappa shape index (κ3) is 2.57. The molecule has 0 bridgehead atoms. The van der Waals surface area contributed by atoms with Crippen LogP contribution in [0.15, 0.2) is 53.7 Å². The monoisotopic (exact) mass is 298 g/mol. The molecular weight excluding hydrogens is 288 g/mol. The second kappa shape index (κ2) is 4.92. The summed E-state index contributed by atoms with van der Waals surface area (Å²) in [4.78, 5) is 7.04. The Labute approximate surface area is 121 Å². The van der Waals surface area contributed by atoms with Crippen molar-refractivity contribution >= 4 is 26.7 Å². The van der Waals surface area contributed by atoms with E-state index in [2.05, 4.69) is 14.7 Å². The van der Waals surface area contributed by atoms with Gasteiger partial charge in [-0.15, -0.1) is 0 Å². The highest BCUT2D eigenvalue weighted by atomic mass is 32.2. The molecule has 104 valence electrons. The molecule has 0 unspecified atom stereocenters. The van der Waals surface area contributed by atoms with Crippen LogP contribution in [0.1, 0.15) is 5.56 Å². The number of rotatable bonds is 3. The lowest BCUT2D eigenvalue weighted by molar-refractivity contribution is 0.601. The summed E-state index contributed by atoms with van der Waals surface area (Å²) in [6, 6.07) is 12.9. The summed E-state index contributed by atoms with van der Waals surface area (Å²) < 4.78 is 27.1. The van der Waals surface area contributed by atoms with Gasteiger partial charge in [0.2, 0.25) is 0 Å². The average molecular weight is 298 g/mol. The molecule has 6 nitrogen and oxygen atoms in total. The molecule has 0 spiro atoms. The van der Waals surface area contributed by atoms with E-state index in [9.17, 15) is 8.42 Å². The van der Waals surface area contributed by atoms with Crippen molar-refractivity contribution in [1.82, 2.24) is 9.97 Å². The average Bonchev–Trinajstić information content (AvgIpc) is 2.94. The van der Waals surface area contributed by atoms with Gasteiger partial charge in [-0.05, 0) is 36.4 Å². The van der Waals surface area contributed by atoms with Gasteiger partial charge in [-0.1, -0.05) is 6.07 Å². The zero-order chi connectivity index (χ0) is 14.9. The highest BCUT2D eigenvalue weighted by Gasteiger charge is 2.15. The van der Waals surface area contributed by atoms with Crippen molar-refractivity contribution < 1.29 is 8.42 Å². The molecule has 3 rings (SSSR count). The number of H-pyrrole nitrogens is 1. The van der Waals surface area contributed by atoms with Gasteiger partial charge in [-0.2, -0.15) is 5.26 Å². The Bertz CT molecular complexity index is 954. The van der Waals surface area contributed by atoms with Crippen molar-refractivity contribution in [1.29, 1.82) is 5.26 Å². The minimum Gasteiger partial charge on any atom is -0.345 e. The molecule has 0 aliphatic carbocycles. The molecule has 7 heteroatoms. The minimum atomic E-state index is -3.71. The highest BCUT2D eigenvalue weighted by molar-refractivity contribution is 7.92. The number of imidazole rings is 1. The Morgan fingerprint density at radius 3 is 2.86 bits per heavy atom. The number of anilines is 1. The normalized spacial score (nSPS) is 11.2. The van der Waals surface area contributed by atoms with Crippen molar-refractivity contribution in [3.63, 3.8) is 0 Å². The van der Waals surface area contributed by atoms with E-state index in [-0.39, 0.29) is 4.90 Å². The Morgan fingerprint density at radius 2 is 2.05 bits per heavy atom. The molecular formula is C14H10N4O2S. The van der Waals surface area contributed by atoms with Crippen LogP contribution in [0.2, 0.25) is 0 Å². The van der Waals surface area contributed by atoms with Crippen molar-refractivity contribution in [3.05, 3.63) is 54.4 Å². The number of hydrogen-bond acceptors (Lipinski definition) is 4. The molecule has 0 radical (unpaired) electrons. The summed E-state index contributed by atoms with van der Waals surface area (Å²) in [5.41, 5.74) is 2.07. The Balaban J connectivity index is 1.97. The molecule has 2 aromatic carbocycles. The number of nitrogens with one attached hydrogen (secondary N) is 2. The first-order chi connectivity index (χ1) is 10.1. The minimum absolute atomic E-state index is 0.126. The predicted octanol–water partition coefficient (Wildman–Crippen LogP) is 2.24. The van der Waals surface area contributed by atoms with E-state index >= 15 is 0 Å². The molecule has 2 N–H and O–H groups in total. The number of nitriles is 1. The number of nitrogens with zero attached hydrogens (tertiary/aromatic N) is 2. The van der Waals surface area contributed by atoms with Crippen LogP contribution in [0.3, 0.4) is 0 Å². The van der Waals surface area contributed by atoms with Gasteiger partial charge < -0.3 is 4.98 Å². The summed E-state index contributed by atoms with van der Waals surface area (Å²) in [5.74, 6) is 0. The van der Waals surface area contributed by atoms with Crippen LogP contribution in [0.4, 0.5) is 5.69 Å². The molecule has 0 amide bonds. The fraction of sp³-hybridized carbons (Fsp3) is 0. The second-order valence-electron chi connectivity index (χ2n) is 4.38. The molecule has 1 heterocycles. The largest absolute Gasteiger partial charge is 0.345 e. The summed E-state index contributed by atoms with van der Waals surface area (Å²) >= 11 is 0. The third-order valence-electron chi connectivity index (χ3n) is 2.95. The van der Waals surface area contributed by atoms with Crippen molar-refractivity contribution in [2.45, 2.75) is 4.90 Å². The number of aromatic nitrogens is 2. The number of benzene rings is 2. The second-order valence-corrected chi connectivity index (χ2v) is 6.06. The first kappa shape index (κ1) is 13.1. The van der Waals surface area contributed by atoms with Gasteiger partial charge in [0.25, 0.3) is 10.0 Å². The fourth-order valence-electron chi connectivity index (χ4n) is 1.95. The SMILES string of the molecule is N#Cc1cccc(NS(=O)(=O)c2ccc3nc[nH]c3c2)c1. The molecule has 0 atom stereocenters. The lowest BCUT2D eigenvalue weighted by atomic mass is 10.2. The molecule has 0 saturated carbocycles. The van der Waals surface area contributed by atoms with E-state index in [1.165, 1.54) is 24.5 Å². The lowest BCUT2D eigenvalue weighted by Crippen LogP contribution is -2.12. The van der Waals surface area contributed by atoms with Gasteiger partial charge in [0.1, 0.15) is 0 Å². The molecule has 21 heavy (non-hydrogen) atoms. The lowest BCUT2D eigenvalue weighted by Gasteiger charge is -2.08. The quantitative estimate of drug-likeness (QED) is 0.774. The van der Waals surface area contributed by atoms with E-state index in [1.54, 1.807) is 24.3 Å². The van der Waals surface area contributed by atoms with Gasteiger partial charge in [-0.25, -0.2) is 13.4 Å². The number of sulfonamides is 1. The van der Waals surface area contributed by atoms with Crippen molar-refractivity contribution in [2.24, 2.45) is 0 Å². The van der Waals surface area contributed by atoms with Crippen LogP contribution in [-0.4, -0.2) is 18.4 Å². The zero-order valence-electron chi connectivity index (χ0n) is 10.7. The van der Waals surface area contributed by atoms with E-state index in [0.29, 0.717) is 22.3 Å². The topological polar surface area (TPSA) is 98.6 Å². The van der Waals surface area contributed by atoms with E-state index in [1.807, 2.05) is 6.07 Å². The Morgan fingerprint density at radius 1 is 1.19 bits per heavy atom. The standard InChI is InChI=1S/C14H10N4O2S/c15-8-10-2-1-3-11(6-10)18-21(19,20)12-4-5-13-14(7-12)17-9-16-13/h1-7,9,18H,(H,16,17). The van der Waals surface area contributed by atoms with Gasteiger partial charge in [-0.3, -0.25) is 4.72 Å². The molecule has 0 saturated heterocycles. The van der Waals surface area contributed by atoms with Crippen LogP contribution in [0.25, 0.3) is 11.0 Å². The fourth-order valence-corrected chi connectivity index (χ4v) is 3.02. The zero-order valence-corrected chi connectivity index (χ0v) is 11.6. The molecule has 0 aliphatic rings. The molecule has 0 fully saturated rings. The number of hydrogen-bond donors (Lipinski definition) is 2. The first-order valence-electron chi connectivity index (χ1n) is 6.05. The van der Waals surface area contributed by atoms with Gasteiger partial charge in [0.15, 0.2) is 0 Å². The maximum atomic E-state index is 12.3. The summed E-state index contributed by atoms with van der Waals surface area (Å²) in [7, 11) is -3.71. The maximum Gasteiger partial charge on any atom is 0.261 e. The van der Waals surface area contributed by atoms with Gasteiger partial charge in [0, 0.05) is 0 Å². The van der Waals surface area contributed by atoms with Gasteiger partial charge >= 0.3 is 0 Å². The number of fused-ring (bicyclic) bond motifs is 1. The van der Waals surface area contributed by atoms with Crippen molar-refractivity contribution in [3.8, 4) is 6.07 Å². The highest BCUT2D eigenvalue weighted by Crippen LogP contribution is 2.20. The molecule has 1 aromatic heterocycles. The summed E-state index contributed by atoms with van der Waals surface area (Å²) in [5, 5.41) is 8.83. The molecule has 0 aliphatic heterocycles. The van der Waals surface area contributed by atoms with Crippen molar-refractivity contribution in [2.75, 3.05) is 4.72 Å². The number of aromatic amines is 1. The summed E-state index contributed by atoms with van der Waals surface area (Å²) in [6.45, 7) is 0. The van der Waals surface area contributed by atoms with Crippen LogP contribution in [0.5, 0.6) is 0 Å². The van der Waals surface area contributed by atoms with Crippen LogP contribution in [0, 0.1) is 11.3 Å². The summed E-state index contributed by atoms with van der Waals surface area (Å²) in [6.07, 6.45) is 1.50. The van der Waals surface area contributed by atoms with E-state index < -0.39 is 10.0 Å². The van der Waals surface area contributed by atoms with E-state index in [4.69, 9.17) is 5.26 Å². The maximum absolute atomic E-state index is 12.3. The van der Waals surface area contributed by atoms with Crippen LogP contribution in [-0.2, 0) is 10.0 Å². The van der Waals surface area contributed by atoms with Crippen LogP contribution < -0.4 is 4.72 Å². The van der Waals surface area contributed by atoms with Gasteiger partial charge in [0.05, 0.1) is 39.6 Å². The molecule has 3 aromatic rings. The smallest absolute Gasteiger partial charge is 0.261 e. The first-order valence-corrected chi connectivity index (χ1v) is 7.53. The Hall–Kier alpha value is -2.85. The third-order valence-corrected chi connectivity index (χ3v) is 4.32. The predicted molar refractivity (Wildman–Crippen MR) is 78.1 cm³/mol. The Kier molecular flexibility index (Phi) is 3.08.